The summed E-state index contributed by atoms with van der Waals surface area (Å²) in [6.45, 7) is 11.2. The molecule has 1 aliphatic heterocycles. The molecular formula is C20H34IN3O2. The van der Waals surface area contributed by atoms with Crippen LogP contribution in [0, 0.1) is 13.8 Å². The molecule has 6 heteroatoms. The summed E-state index contributed by atoms with van der Waals surface area (Å²) in [7, 11) is 0. The zero-order chi connectivity index (χ0) is 17.9. The van der Waals surface area contributed by atoms with Gasteiger partial charge in [-0.05, 0) is 51.2 Å². The van der Waals surface area contributed by atoms with Gasteiger partial charge in [-0.2, -0.15) is 0 Å². The summed E-state index contributed by atoms with van der Waals surface area (Å²) >= 11 is 0. The van der Waals surface area contributed by atoms with Gasteiger partial charge in [-0.1, -0.05) is 23.8 Å². The lowest BCUT2D eigenvalue weighted by Crippen LogP contribution is -2.38. The third-order valence-electron chi connectivity index (χ3n) is 4.39. The minimum Gasteiger partial charge on any atom is -0.381 e. The number of halogens is 1. The van der Waals surface area contributed by atoms with Gasteiger partial charge in [-0.3, -0.25) is 0 Å². The first-order valence-corrected chi connectivity index (χ1v) is 9.46. The Labute approximate surface area is 175 Å². The van der Waals surface area contributed by atoms with E-state index in [0.717, 1.165) is 58.1 Å². The number of ether oxygens (including phenoxy) is 2. The fourth-order valence-corrected chi connectivity index (χ4v) is 2.90. The van der Waals surface area contributed by atoms with E-state index >= 15 is 0 Å². The first kappa shape index (κ1) is 23.2. The van der Waals surface area contributed by atoms with Crippen LogP contribution in [0.5, 0.6) is 0 Å². The van der Waals surface area contributed by atoms with E-state index in [4.69, 9.17) is 14.5 Å². The van der Waals surface area contributed by atoms with E-state index in [0.29, 0.717) is 12.6 Å². The second-order valence-corrected chi connectivity index (χ2v) is 6.59. The average Bonchev–Trinajstić information content (AvgIpc) is 2.61. The van der Waals surface area contributed by atoms with E-state index < -0.39 is 0 Å². The van der Waals surface area contributed by atoms with Gasteiger partial charge >= 0.3 is 0 Å². The molecule has 2 rings (SSSR count). The third-order valence-corrected chi connectivity index (χ3v) is 4.39. The van der Waals surface area contributed by atoms with E-state index in [9.17, 15) is 0 Å². The molecule has 1 aromatic rings. The number of aryl methyl sites for hydroxylation is 2. The average molecular weight is 475 g/mol. The van der Waals surface area contributed by atoms with Gasteiger partial charge in [0.2, 0.25) is 0 Å². The van der Waals surface area contributed by atoms with E-state index in [1.165, 1.54) is 16.7 Å². The van der Waals surface area contributed by atoms with Crippen molar-refractivity contribution in [3.05, 3.63) is 34.9 Å². The maximum atomic E-state index is 5.90. The van der Waals surface area contributed by atoms with Crippen LogP contribution in [0.2, 0.25) is 0 Å². The van der Waals surface area contributed by atoms with E-state index in [-0.39, 0.29) is 24.0 Å². The van der Waals surface area contributed by atoms with Crippen LogP contribution >= 0.6 is 24.0 Å². The van der Waals surface area contributed by atoms with Gasteiger partial charge in [0, 0.05) is 32.9 Å². The maximum absolute atomic E-state index is 5.90. The molecule has 0 aromatic heterocycles. The molecule has 0 amide bonds. The lowest BCUT2D eigenvalue weighted by Gasteiger charge is -2.22. The summed E-state index contributed by atoms with van der Waals surface area (Å²) in [4.78, 5) is 4.70. The molecule has 0 aliphatic carbocycles. The molecule has 1 saturated heterocycles. The Kier molecular flexibility index (Phi) is 11.9. The Hall–Kier alpha value is -0.860. The predicted octanol–water partition coefficient (Wildman–Crippen LogP) is 3.56. The van der Waals surface area contributed by atoms with Gasteiger partial charge in [0.1, 0.15) is 0 Å². The smallest absolute Gasteiger partial charge is 0.191 e. The number of aliphatic imine (C=N–C) groups is 1. The van der Waals surface area contributed by atoms with Gasteiger partial charge < -0.3 is 20.1 Å². The van der Waals surface area contributed by atoms with Crippen molar-refractivity contribution < 1.29 is 9.47 Å². The van der Waals surface area contributed by atoms with Gasteiger partial charge in [-0.25, -0.2) is 4.99 Å². The highest BCUT2D eigenvalue weighted by molar-refractivity contribution is 14.0. The van der Waals surface area contributed by atoms with Crippen molar-refractivity contribution in [2.45, 2.75) is 52.7 Å². The van der Waals surface area contributed by atoms with Crippen molar-refractivity contribution >= 4 is 29.9 Å². The van der Waals surface area contributed by atoms with Crippen LogP contribution in [-0.2, 0) is 16.0 Å². The van der Waals surface area contributed by atoms with Crippen LogP contribution < -0.4 is 10.6 Å². The Morgan fingerprint density at radius 2 is 2.00 bits per heavy atom. The van der Waals surface area contributed by atoms with Gasteiger partial charge in [-0.15, -0.1) is 24.0 Å². The van der Waals surface area contributed by atoms with Crippen molar-refractivity contribution in [1.82, 2.24) is 10.6 Å². The monoisotopic (exact) mass is 475 g/mol. The summed E-state index contributed by atoms with van der Waals surface area (Å²) in [6.07, 6.45) is 3.40. The highest BCUT2D eigenvalue weighted by Gasteiger charge is 2.13. The standard InChI is InChI=1S/C20H33N3O2.HI/c1-4-21-20(23-15-18-7-6-16(2)14-17(18)3)22-10-5-11-25-19-8-12-24-13-9-19;/h6-7,14,19H,4-5,8-13,15H2,1-3H3,(H2,21,22,23);1H. The van der Waals surface area contributed by atoms with Crippen molar-refractivity contribution in [3.63, 3.8) is 0 Å². The third kappa shape index (κ3) is 8.68. The molecule has 0 unspecified atom stereocenters. The minimum atomic E-state index is 0. The van der Waals surface area contributed by atoms with E-state index in [2.05, 4.69) is 49.6 Å². The SMILES string of the molecule is CCNC(=NCc1ccc(C)cc1C)NCCCOC1CCOCC1.I. The largest absolute Gasteiger partial charge is 0.381 e. The summed E-state index contributed by atoms with van der Waals surface area (Å²) < 4.78 is 11.2. The number of nitrogens with one attached hydrogen (secondary N) is 2. The highest BCUT2D eigenvalue weighted by atomic mass is 127. The number of hydrogen-bond acceptors (Lipinski definition) is 3. The quantitative estimate of drug-likeness (QED) is 0.261. The molecule has 26 heavy (non-hydrogen) atoms. The molecule has 0 atom stereocenters. The Bertz CT molecular complexity index is 546. The zero-order valence-corrected chi connectivity index (χ0v) is 18.7. The van der Waals surface area contributed by atoms with Crippen LogP contribution in [0.15, 0.2) is 23.2 Å². The molecule has 1 aliphatic rings. The van der Waals surface area contributed by atoms with Crippen LogP contribution in [0.3, 0.4) is 0 Å². The van der Waals surface area contributed by atoms with Crippen LogP contribution in [0.4, 0.5) is 0 Å². The van der Waals surface area contributed by atoms with Crippen molar-refractivity contribution in [2.24, 2.45) is 4.99 Å². The molecule has 0 bridgehead atoms. The summed E-state index contributed by atoms with van der Waals surface area (Å²) in [5.74, 6) is 0.869. The molecule has 2 N–H and O–H groups in total. The van der Waals surface area contributed by atoms with Crippen molar-refractivity contribution in [2.75, 3.05) is 32.9 Å². The molecule has 5 nitrogen and oxygen atoms in total. The van der Waals surface area contributed by atoms with Crippen molar-refractivity contribution in [3.8, 4) is 0 Å². The second-order valence-electron chi connectivity index (χ2n) is 6.59. The summed E-state index contributed by atoms with van der Waals surface area (Å²) in [6, 6.07) is 6.52. The molecule has 0 radical (unpaired) electrons. The Morgan fingerprint density at radius 3 is 2.69 bits per heavy atom. The van der Waals surface area contributed by atoms with Crippen LogP contribution in [-0.4, -0.2) is 45.0 Å². The molecule has 0 saturated carbocycles. The fourth-order valence-electron chi connectivity index (χ4n) is 2.90. The normalized spacial score (nSPS) is 15.4. The lowest BCUT2D eigenvalue weighted by atomic mass is 10.1. The van der Waals surface area contributed by atoms with Crippen LogP contribution in [0.1, 0.15) is 42.9 Å². The zero-order valence-electron chi connectivity index (χ0n) is 16.3. The topological polar surface area (TPSA) is 54.9 Å². The molecular weight excluding hydrogens is 441 g/mol. The first-order chi connectivity index (χ1) is 12.2. The Balaban J connectivity index is 0.00000338. The number of benzene rings is 1. The van der Waals surface area contributed by atoms with E-state index in [1.54, 1.807) is 0 Å². The Morgan fingerprint density at radius 1 is 1.23 bits per heavy atom. The fraction of sp³-hybridized carbons (Fsp3) is 0.650. The number of nitrogens with zero attached hydrogens (tertiary/aromatic N) is 1. The predicted molar refractivity (Wildman–Crippen MR) is 119 cm³/mol. The molecule has 1 aromatic carbocycles. The first-order valence-electron chi connectivity index (χ1n) is 9.46. The maximum Gasteiger partial charge on any atom is 0.191 e. The van der Waals surface area contributed by atoms with Gasteiger partial charge in [0.15, 0.2) is 5.96 Å². The van der Waals surface area contributed by atoms with Gasteiger partial charge in [0.25, 0.3) is 0 Å². The molecule has 1 fully saturated rings. The second kappa shape index (κ2) is 13.3. The lowest BCUT2D eigenvalue weighted by molar-refractivity contribution is -0.0320. The van der Waals surface area contributed by atoms with E-state index in [1.807, 2.05) is 0 Å². The van der Waals surface area contributed by atoms with Gasteiger partial charge in [0.05, 0.1) is 12.6 Å². The summed E-state index contributed by atoms with van der Waals surface area (Å²) in [5, 5.41) is 6.70. The van der Waals surface area contributed by atoms with Crippen LogP contribution in [0.25, 0.3) is 0 Å². The molecule has 0 spiro atoms. The van der Waals surface area contributed by atoms with Crippen molar-refractivity contribution in [1.29, 1.82) is 0 Å². The number of rotatable bonds is 8. The number of hydrogen-bond donors (Lipinski definition) is 2. The molecule has 1 heterocycles. The minimum absolute atomic E-state index is 0. The summed E-state index contributed by atoms with van der Waals surface area (Å²) in [5.41, 5.74) is 3.86. The highest BCUT2D eigenvalue weighted by Crippen LogP contribution is 2.12. The number of guanidine groups is 1. The molecule has 148 valence electrons.